The largest absolute Gasteiger partial charge is 0.340 e. The number of amides is 1. The van der Waals surface area contributed by atoms with E-state index in [2.05, 4.69) is 5.32 Å². The smallest absolute Gasteiger partial charge is 0.243 e. The van der Waals surface area contributed by atoms with Crippen molar-refractivity contribution in [3.63, 3.8) is 0 Å². The van der Waals surface area contributed by atoms with E-state index in [4.69, 9.17) is 0 Å². The molecule has 6 nitrogen and oxygen atoms in total. The fraction of sp³-hybridized carbons (Fsp3) is 0.562. The molecule has 0 aliphatic carbocycles. The third-order valence-electron chi connectivity index (χ3n) is 4.69. The lowest BCUT2D eigenvalue weighted by atomic mass is 9.96. The van der Waals surface area contributed by atoms with Crippen molar-refractivity contribution in [1.82, 2.24) is 14.5 Å². The van der Waals surface area contributed by atoms with Crippen LogP contribution in [0.2, 0.25) is 0 Å². The number of nitrogens with one attached hydrogen (secondary N) is 1. The lowest BCUT2D eigenvalue weighted by molar-refractivity contribution is -0.137. The average molecular weight is 355 g/mol. The molecule has 1 aromatic carbocycles. The third kappa shape index (κ3) is 3.60. The van der Waals surface area contributed by atoms with Crippen LogP contribution in [0.25, 0.3) is 0 Å². The molecule has 3 rings (SSSR count). The van der Waals surface area contributed by atoms with Crippen LogP contribution in [0.1, 0.15) is 12.8 Å². The van der Waals surface area contributed by atoms with Crippen LogP contribution < -0.4 is 5.32 Å². The highest BCUT2D eigenvalue weighted by Gasteiger charge is 2.32. The number of piperazine rings is 1. The van der Waals surface area contributed by atoms with E-state index in [0.29, 0.717) is 13.1 Å². The number of benzene rings is 1. The van der Waals surface area contributed by atoms with Crippen molar-refractivity contribution < 1.29 is 17.6 Å². The minimum absolute atomic E-state index is 0.0477. The number of nitrogens with zero attached hydrogens (tertiary/aromatic N) is 2. The van der Waals surface area contributed by atoms with Gasteiger partial charge in [0.1, 0.15) is 5.82 Å². The number of carbonyl (C=O) groups is 1. The summed E-state index contributed by atoms with van der Waals surface area (Å²) in [6.07, 6.45) is 1.68. The molecule has 0 radical (unpaired) electrons. The van der Waals surface area contributed by atoms with Gasteiger partial charge in [0.15, 0.2) is 0 Å². The van der Waals surface area contributed by atoms with Crippen molar-refractivity contribution in [3.05, 3.63) is 30.1 Å². The van der Waals surface area contributed by atoms with Gasteiger partial charge in [0.2, 0.25) is 15.9 Å². The van der Waals surface area contributed by atoms with Crippen LogP contribution in [0.5, 0.6) is 0 Å². The maximum Gasteiger partial charge on any atom is 0.243 e. The Morgan fingerprint density at radius 2 is 1.62 bits per heavy atom. The molecular weight excluding hydrogens is 333 g/mol. The van der Waals surface area contributed by atoms with Crippen LogP contribution in [-0.4, -0.2) is 62.8 Å². The van der Waals surface area contributed by atoms with Crippen LogP contribution in [0.3, 0.4) is 0 Å². The third-order valence-corrected chi connectivity index (χ3v) is 6.60. The molecule has 2 saturated heterocycles. The van der Waals surface area contributed by atoms with Gasteiger partial charge >= 0.3 is 0 Å². The lowest BCUT2D eigenvalue weighted by Gasteiger charge is -2.36. The number of rotatable bonds is 3. The fourth-order valence-corrected chi connectivity index (χ4v) is 4.65. The highest BCUT2D eigenvalue weighted by atomic mass is 32.2. The lowest BCUT2D eigenvalue weighted by Crippen LogP contribution is -2.52. The summed E-state index contributed by atoms with van der Waals surface area (Å²) in [6, 6.07) is 4.84. The van der Waals surface area contributed by atoms with E-state index < -0.39 is 15.8 Å². The molecule has 24 heavy (non-hydrogen) atoms. The number of sulfonamides is 1. The van der Waals surface area contributed by atoms with E-state index in [-0.39, 0.29) is 29.8 Å². The van der Waals surface area contributed by atoms with Gasteiger partial charge in [-0.25, -0.2) is 12.8 Å². The molecule has 2 fully saturated rings. The summed E-state index contributed by atoms with van der Waals surface area (Å²) in [5.74, 6) is -0.284. The first-order valence-electron chi connectivity index (χ1n) is 8.24. The van der Waals surface area contributed by atoms with Crippen molar-refractivity contribution in [3.8, 4) is 0 Å². The van der Waals surface area contributed by atoms with Gasteiger partial charge in [0, 0.05) is 32.1 Å². The van der Waals surface area contributed by atoms with Crippen LogP contribution in [0, 0.1) is 11.7 Å². The number of hydrogen-bond acceptors (Lipinski definition) is 4. The van der Waals surface area contributed by atoms with Crippen molar-refractivity contribution in [1.29, 1.82) is 0 Å². The van der Waals surface area contributed by atoms with E-state index in [0.717, 1.165) is 38.1 Å². The number of piperidine rings is 1. The standard InChI is InChI=1S/C16H22FN3O3S/c17-14-1-3-15(4-2-14)24(22,23)20-11-9-19(10-12-20)16(21)13-5-7-18-8-6-13/h1-4,13,18H,5-12H2. The molecule has 0 spiro atoms. The molecule has 1 aromatic rings. The van der Waals surface area contributed by atoms with Gasteiger partial charge in [-0.2, -0.15) is 4.31 Å². The SMILES string of the molecule is O=C(C1CCNCC1)N1CCN(S(=O)(=O)c2ccc(F)cc2)CC1. The summed E-state index contributed by atoms with van der Waals surface area (Å²) in [6.45, 7) is 3.07. The quantitative estimate of drug-likeness (QED) is 0.865. The zero-order chi connectivity index (χ0) is 17.2. The van der Waals surface area contributed by atoms with Crippen LogP contribution in [-0.2, 0) is 14.8 Å². The Morgan fingerprint density at radius 3 is 2.21 bits per heavy atom. The first-order chi connectivity index (χ1) is 11.5. The second-order valence-electron chi connectivity index (χ2n) is 6.21. The monoisotopic (exact) mass is 355 g/mol. The Balaban J connectivity index is 1.62. The van der Waals surface area contributed by atoms with Crippen molar-refractivity contribution in [2.45, 2.75) is 17.7 Å². The summed E-state index contributed by atoms with van der Waals surface area (Å²) < 4.78 is 39.5. The van der Waals surface area contributed by atoms with Gasteiger partial charge in [-0.15, -0.1) is 0 Å². The van der Waals surface area contributed by atoms with E-state index in [9.17, 15) is 17.6 Å². The average Bonchev–Trinajstić information content (AvgIpc) is 2.62. The van der Waals surface area contributed by atoms with E-state index in [1.165, 1.54) is 16.4 Å². The molecule has 8 heteroatoms. The normalized spacial score (nSPS) is 21.0. The molecule has 0 aromatic heterocycles. The molecule has 2 aliphatic rings. The van der Waals surface area contributed by atoms with Crippen LogP contribution >= 0.6 is 0 Å². The number of carbonyl (C=O) groups excluding carboxylic acids is 1. The molecule has 0 bridgehead atoms. The van der Waals surface area contributed by atoms with Crippen LogP contribution in [0.15, 0.2) is 29.2 Å². The minimum atomic E-state index is -3.63. The van der Waals surface area contributed by atoms with Gasteiger partial charge in [0.05, 0.1) is 4.90 Å². The molecule has 0 saturated carbocycles. The van der Waals surface area contributed by atoms with Crippen molar-refractivity contribution in [2.24, 2.45) is 5.92 Å². The maximum absolute atomic E-state index is 13.0. The Hall–Kier alpha value is -1.51. The highest BCUT2D eigenvalue weighted by molar-refractivity contribution is 7.89. The summed E-state index contributed by atoms with van der Waals surface area (Å²) >= 11 is 0. The second kappa shape index (κ2) is 7.16. The van der Waals surface area contributed by atoms with Crippen molar-refractivity contribution in [2.75, 3.05) is 39.3 Å². The van der Waals surface area contributed by atoms with Gasteiger partial charge < -0.3 is 10.2 Å². The zero-order valence-corrected chi connectivity index (χ0v) is 14.3. The molecule has 0 atom stereocenters. The predicted molar refractivity (Wildman–Crippen MR) is 87.3 cm³/mol. The first-order valence-corrected chi connectivity index (χ1v) is 9.68. The molecule has 2 aliphatic heterocycles. The second-order valence-corrected chi connectivity index (χ2v) is 8.15. The van der Waals surface area contributed by atoms with Gasteiger partial charge in [-0.1, -0.05) is 0 Å². The first kappa shape index (κ1) is 17.3. The summed E-state index contributed by atoms with van der Waals surface area (Å²) in [5.41, 5.74) is 0. The Morgan fingerprint density at radius 1 is 1.04 bits per heavy atom. The van der Waals surface area contributed by atoms with Gasteiger partial charge in [-0.05, 0) is 50.2 Å². The van der Waals surface area contributed by atoms with Crippen molar-refractivity contribution >= 4 is 15.9 Å². The van der Waals surface area contributed by atoms with Gasteiger partial charge in [-0.3, -0.25) is 4.79 Å². The molecular formula is C16H22FN3O3S. The highest BCUT2D eigenvalue weighted by Crippen LogP contribution is 2.20. The molecule has 1 amide bonds. The Labute approximate surface area is 141 Å². The number of hydrogen-bond donors (Lipinski definition) is 1. The van der Waals surface area contributed by atoms with E-state index in [1.54, 1.807) is 4.90 Å². The fourth-order valence-electron chi connectivity index (χ4n) is 3.23. The zero-order valence-electron chi connectivity index (χ0n) is 13.4. The Bertz CT molecular complexity index is 679. The molecule has 2 heterocycles. The minimum Gasteiger partial charge on any atom is -0.340 e. The van der Waals surface area contributed by atoms with Gasteiger partial charge in [0.25, 0.3) is 0 Å². The number of halogens is 1. The van der Waals surface area contributed by atoms with Crippen LogP contribution in [0.4, 0.5) is 4.39 Å². The maximum atomic E-state index is 13.0. The van der Waals surface area contributed by atoms with E-state index >= 15 is 0 Å². The molecule has 1 N–H and O–H groups in total. The predicted octanol–water partition coefficient (Wildman–Crippen LogP) is 0.658. The topological polar surface area (TPSA) is 69.7 Å². The summed E-state index contributed by atoms with van der Waals surface area (Å²) in [7, 11) is -3.63. The summed E-state index contributed by atoms with van der Waals surface area (Å²) in [5, 5.41) is 3.24. The Kier molecular flexibility index (Phi) is 5.17. The molecule has 0 unspecified atom stereocenters. The van der Waals surface area contributed by atoms with E-state index in [1.807, 2.05) is 0 Å². The summed E-state index contributed by atoms with van der Waals surface area (Å²) in [4.78, 5) is 14.4. The molecule has 132 valence electrons.